The molecule has 1 amide bonds. The summed E-state index contributed by atoms with van der Waals surface area (Å²) in [6.45, 7) is 2.31. The van der Waals surface area contributed by atoms with Crippen LogP contribution in [0.2, 0.25) is 0 Å². The van der Waals surface area contributed by atoms with Gasteiger partial charge in [0, 0.05) is 25.7 Å². The van der Waals surface area contributed by atoms with E-state index in [4.69, 9.17) is 5.84 Å². The van der Waals surface area contributed by atoms with Gasteiger partial charge in [0.15, 0.2) is 0 Å². The third-order valence-electron chi connectivity index (χ3n) is 2.82. The molecule has 1 unspecified atom stereocenters. The van der Waals surface area contributed by atoms with E-state index in [0.717, 1.165) is 6.42 Å². The van der Waals surface area contributed by atoms with Crippen LogP contribution in [0, 0.1) is 10.1 Å². The predicted molar refractivity (Wildman–Crippen MR) is 81.5 cm³/mol. The fraction of sp³-hybridized carbons (Fsp3) is 0.455. The van der Waals surface area contributed by atoms with Crippen molar-refractivity contribution in [2.24, 2.45) is 18.0 Å². The number of nitrogens with two attached hydrogens (primary N) is 1. The van der Waals surface area contributed by atoms with Crippen LogP contribution in [0.5, 0.6) is 0 Å². The van der Waals surface area contributed by atoms with Crippen LogP contribution in [-0.2, 0) is 7.05 Å². The quantitative estimate of drug-likeness (QED) is 0.220. The summed E-state index contributed by atoms with van der Waals surface area (Å²) >= 11 is 0. The first kappa shape index (κ1) is 18.7. The highest BCUT2D eigenvalue weighted by Crippen LogP contribution is 2.14. The van der Waals surface area contributed by atoms with Gasteiger partial charge in [-0.05, 0) is 6.42 Å². The van der Waals surface area contributed by atoms with Gasteiger partial charge in [-0.3, -0.25) is 14.9 Å². The maximum Gasteiger partial charge on any atom is 0.287 e. The molecule has 9 nitrogen and oxygen atoms in total. The molecule has 118 valence electrons. The summed E-state index contributed by atoms with van der Waals surface area (Å²) in [5.74, 6) is 4.61. The Morgan fingerprint density at radius 2 is 2.33 bits per heavy atom. The number of nitro groups is 1. The van der Waals surface area contributed by atoms with Gasteiger partial charge in [0.1, 0.15) is 12.0 Å². The van der Waals surface area contributed by atoms with E-state index in [0.29, 0.717) is 6.54 Å². The average molecular weight is 319 g/mol. The van der Waals surface area contributed by atoms with Gasteiger partial charge in [-0.1, -0.05) is 6.92 Å². The molecule has 1 rings (SSSR count). The zero-order valence-corrected chi connectivity index (χ0v) is 12.6. The van der Waals surface area contributed by atoms with Gasteiger partial charge in [0.05, 0.1) is 11.1 Å². The lowest BCUT2D eigenvalue weighted by molar-refractivity contribution is -0.384. The Morgan fingerprint density at radius 3 is 2.81 bits per heavy atom. The van der Waals surface area contributed by atoms with Crippen molar-refractivity contribution in [3.05, 3.63) is 28.1 Å². The second-order valence-electron chi connectivity index (χ2n) is 4.21. The lowest BCUT2D eigenvalue weighted by Crippen LogP contribution is -2.40. The molecule has 1 heterocycles. The number of carbonyl (C=O) groups excluding carboxylic acids is 1. The first-order valence-corrected chi connectivity index (χ1v) is 6.06. The summed E-state index contributed by atoms with van der Waals surface area (Å²) in [7, 11) is 1.58. The molecule has 1 atom stereocenters. The van der Waals surface area contributed by atoms with Crippen LogP contribution in [0.4, 0.5) is 5.69 Å². The number of hydrogen-bond acceptors (Lipinski definition) is 5. The molecular weight excluding hydrogens is 300 g/mol. The van der Waals surface area contributed by atoms with Crippen LogP contribution in [-0.4, -0.2) is 34.3 Å². The minimum atomic E-state index is -0.537. The third-order valence-corrected chi connectivity index (χ3v) is 2.82. The number of nitrogens with zero attached hydrogens (tertiary/aromatic N) is 3. The fourth-order valence-corrected chi connectivity index (χ4v) is 1.65. The Balaban J connectivity index is 0.00000400. The summed E-state index contributed by atoms with van der Waals surface area (Å²) in [5, 5.41) is 19.6. The molecule has 1 aromatic rings. The van der Waals surface area contributed by atoms with Gasteiger partial charge in [0.25, 0.3) is 11.6 Å². The monoisotopic (exact) mass is 318 g/mol. The molecule has 0 fully saturated rings. The van der Waals surface area contributed by atoms with Gasteiger partial charge in [-0.2, -0.15) is 5.10 Å². The number of hydrazone groups is 1. The van der Waals surface area contributed by atoms with E-state index < -0.39 is 4.92 Å². The highest BCUT2D eigenvalue weighted by atomic mass is 35.5. The van der Waals surface area contributed by atoms with E-state index in [2.05, 4.69) is 15.7 Å². The van der Waals surface area contributed by atoms with Crippen LogP contribution >= 0.6 is 12.4 Å². The van der Waals surface area contributed by atoms with E-state index in [1.54, 1.807) is 7.05 Å². The summed E-state index contributed by atoms with van der Waals surface area (Å²) in [6, 6.07) is 1.23. The zero-order valence-electron chi connectivity index (χ0n) is 11.8. The Labute approximate surface area is 128 Å². The van der Waals surface area contributed by atoms with E-state index >= 15 is 0 Å². The number of aromatic nitrogens is 1. The summed E-state index contributed by atoms with van der Waals surface area (Å²) in [6.07, 6.45) is 3.42. The van der Waals surface area contributed by atoms with Crippen molar-refractivity contribution in [1.29, 1.82) is 0 Å². The van der Waals surface area contributed by atoms with Crippen molar-refractivity contribution in [2.45, 2.75) is 19.4 Å². The van der Waals surface area contributed by atoms with Crippen molar-refractivity contribution < 1.29 is 9.72 Å². The molecule has 0 bridgehead atoms. The number of halogens is 1. The largest absolute Gasteiger partial charge is 0.370 e. The Bertz CT molecular complexity index is 516. The number of aryl methyl sites for hydroxylation is 1. The molecule has 21 heavy (non-hydrogen) atoms. The van der Waals surface area contributed by atoms with Crippen LogP contribution in [0.1, 0.15) is 23.8 Å². The van der Waals surface area contributed by atoms with Gasteiger partial charge < -0.3 is 21.0 Å². The Kier molecular flexibility index (Phi) is 7.84. The first-order valence-electron chi connectivity index (χ1n) is 6.06. The Morgan fingerprint density at radius 1 is 1.67 bits per heavy atom. The molecule has 0 saturated heterocycles. The van der Waals surface area contributed by atoms with Crippen molar-refractivity contribution in [3.8, 4) is 0 Å². The maximum atomic E-state index is 12.0. The van der Waals surface area contributed by atoms with Crippen LogP contribution < -0.4 is 16.5 Å². The lowest BCUT2D eigenvalue weighted by Gasteiger charge is -2.15. The molecular formula is C11H19ClN6O3. The van der Waals surface area contributed by atoms with Gasteiger partial charge in [0.2, 0.25) is 0 Å². The number of hydrogen-bond donors (Lipinski definition) is 3. The first-order chi connectivity index (χ1) is 9.49. The number of nitrogens with one attached hydrogen (secondary N) is 2. The SMILES string of the molecule is CCC(CNC(=O)c1cc([N+](=O)[O-])cn1C)NC=NN.Cl. The predicted octanol–water partition coefficient (Wildman–Crippen LogP) is 0.355. The highest BCUT2D eigenvalue weighted by molar-refractivity contribution is 5.93. The van der Waals surface area contributed by atoms with E-state index in [1.165, 1.54) is 23.2 Å². The molecule has 0 radical (unpaired) electrons. The second-order valence-corrected chi connectivity index (χ2v) is 4.21. The minimum absolute atomic E-state index is 0. The van der Waals surface area contributed by atoms with Crippen LogP contribution in [0.15, 0.2) is 17.4 Å². The van der Waals surface area contributed by atoms with Crippen molar-refractivity contribution in [3.63, 3.8) is 0 Å². The standard InChI is InChI=1S/C11H18N6O3.ClH/c1-3-8(14-7-15-12)5-13-11(18)10-4-9(17(19)20)6-16(10)2;/h4,6-8H,3,5,12H2,1-2H3,(H,13,18)(H,14,15);1H. The average Bonchev–Trinajstić information content (AvgIpc) is 2.81. The van der Waals surface area contributed by atoms with E-state index in [1.807, 2.05) is 6.92 Å². The van der Waals surface area contributed by atoms with Crippen molar-refractivity contribution in [2.75, 3.05) is 6.54 Å². The van der Waals surface area contributed by atoms with E-state index in [-0.39, 0.29) is 35.7 Å². The maximum absolute atomic E-state index is 12.0. The molecule has 0 aromatic carbocycles. The van der Waals surface area contributed by atoms with Gasteiger partial charge in [-0.15, -0.1) is 12.4 Å². The van der Waals surface area contributed by atoms with Crippen molar-refractivity contribution >= 4 is 30.3 Å². The topological polar surface area (TPSA) is 128 Å². The molecule has 0 aliphatic carbocycles. The lowest BCUT2D eigenvalue weighted by atomic mass is 10.2. The molecule has 10 heteroatoms. The smallest absolute Gasteiger partial charge is 0.287 e. The zero-order chi connectivity index (χ0) is 15.1. The molecule has 0 saturated carbocycles. The van der Waals surface area contributed by atoms with Crippen LogP contribution in [0.3, 0.4) is 0 Å². The summed E-state index contributed by atoms with van der Waals surface area (Å²) < 4.78 is 1.42. The Hall–Kier alpha value is -2.29. The molecule has 4 N–H and O–H groups in total. The molecule has 0 spiro atoms. The number of carbonyl (C=O) groups is 1. The van der Waals surface area contributed by atoms with Crippen molar-refractivity contribution in [1.82, 2.24) is 15.2 Å². The second kappa shape index (κ2) is 8.80. The summed E-state index contributed by atoms with van der Waals surface area (Å²) in [4.78, 5) is 22.1. The fourth-order valence-electron chi connectivity index (χ4n) is 1.65. The van der Waals surface area contributed by atoms with Gasteiger partial charge in [-0.25, -0.2) is 0 Å². The highest BCUT2D eigenvalue weighted by Gasteiger charge is 2.18. The third kappa shape index (κ3) is 5.30. The molecule has 0 aliphatic rings. The summed E-state index contributed by atoms with van der Waals surface area (Å²) in [5.41, 5.74) is 0.122. The molecule has 0 aliphatic heterocycles. The van der Waals surface area contributed by atoms with Crippen LogP contribution in [0.25, 0.3) is 0 Å². The minimum Gasteiger partial charge on any atom is -0.370 e. The van der Waals surface area contributed by atoms with Gasteiger partial charge >= 0.3 is 0 Å². The van der Waals surface area contributed by atoms with E-state index in [9.17, 15) is 14.9 Å². The molecule has 1 aromatic heterocycles. The normalized spacial score (nSPS) is 11.7. The number of amides is 1. The number of rotatable bonds is 7.